The van der Waals surface area contributed by atoms with Crippen LogP contribution in [0.3, 0.4) is 0 Å². The molecule has 1 saturated carbocycles. The number of hydrogen-bond donors (Lipinski definition) is 2. The number of aliphatic hydroxyl groups excluding tert-OH is 1. The lowest BCUT2D eigenvalue weighted by atomic mass is 9.96. The molecule has 3 N–H and O–H groups in total. The Hall–Kier alpha value is -0.710. The molecule has 5 heteroatoms. The number of aryl methyl sites for hydroxylation is 1. The fourth-order valence-electron chi connectivity index (χ4n) is 1.89. The van der Waals surface area contributed by atoms with Crippen molar-refractivity contribution in [2.45, 2.75) is 31.9 Å². The van der Waals surface area contributed by atoms with Crippen LogP contribution in [-0.2, 0) is 0 Å². The monoisotopic (exact) mass is 263 g/mol. The molecule has 1 fully saturated rings. The molecule has 2 nitrogen and oxygen atoms in total. The van der Waals surface area contributed by atoms with Crippen LogP contribution in [0.15, 0.2) is 12.1 Å². The van der Waals surface area contributed by atoms with Crippen molar-refractivity contribution in [2.75, 3.05) is 0 Å². The van der Waals surface area contributed by atoms with Crippen molar-refractivity contribution < 1.29 is 13.9 Å². The van der Waals surface area contributed by atoms with Crippen molar-refractivity contribution in [3.8, 4) is 0 Å². The van der Waals surface area contributed by atoms with Crippen LogP contribution in [0.25, 0.3) is 0 Å². The summed E-state index contributed by atoms with van der Waals surface area (Å²) < 4.78 is 27.2. The molecule has 0 radical (unpaired) electrons. The van der Waals surface area contributed by atoms with Gasteiger partial charge in [-0.1, -0.05) is 6.07 Å². The van der Waals surface area contributed by atoms with Gasteiger partial charge in [-0.3, -0.25) is 0 Å². The summed E-state index contributed by atoms with van der Waals surface area (Å²) in [7, 11) is 0. The predicted octanol–water partition coefficient (Wildman–Crippen LogP) is 2.47. The molecule has 0 aliphatic heterocycles. The summed E-state index contributed by atoms with van der Waals surface area (Å²) in [6.07, 6.45) is 0.902. The van der Waals surface area contributed by atoms with Gasteiger partial charge >= 0.3 is 0 Å². The topological polar surface area (TPSA) is 46.2 Å². The standard InChI is InChI=1S/C12H15F2NO.ClH/c1-6-2-5-8(13)9(10(6)14)11(15)12(16)7-3-4-7;/h2,5,7,11-12,16H,3-4,15H2,1H3;1H/t11-,12+;/m0./s1. The SMILES string of the molecule is Cc1ccc(F)c([C@H](N)[C@H](O)C2CC2)c1F.Cl. The lowest BCUT2D eigenvalue weighted by Gasteiger charge is -2.20. The first-order valence-corrected chi connectivity index (χ1v) is 5.40. The molecule has 0 amide bonds. The first kappa shape index (κ1) is 14.4. The summed E-state index contributed by atoms with van der Waals surface area (Å²) in [5.41, 5.74) is 5.87. The van der Waals surface area contributed by atoms with E-state index in [9.17, 15) is 13.9 Å². The van der Waals surface area contributed by atoms with Crippen LogP contribution in [0.5, 0.6) is 0 Å². The van der Waals surface area contributed by atoms with Crippen LogP contribution in [0.1, 0.15) is 30.0 Å². The normalized spacial score (nSPS) is 18.4. The zero-order valence-corrected chi connectivity index (χ0v) is 10.3. The molecule has 1 aliphatic carbocycles. The largest absolute Gasteiger partial charge is 0.391 e. The highest BCUT2D eigenvalue weighted by Gasteiger charge is 2.36. The van der Waals surface area contributed by atoms with E-state index in [0.29, 0.717) is 5.56 Å². The van der Waals surface area contributed by atoms with E-state index in [1.54, 1.807) is 6.92 Å². The molecule has 17 heavy (non-hydrogen) atoms. The minimum absolute atomic E-state index is 0. The molecule has 1 aromatic carbocycles. The van der Waals surface area contributed by atoms with Gasteiger partial charge in [-0.2, -0.15) is 0 Å². The molecule has 96 valence electrons. The Labute approximate surface area is 105 Å². The van der Waals surface area contributed by atoms with Gasteiger partial charge in [-0.05, 0) is 37.3 Å². The maximum atomic E-state index is 13.7. The Morgan fingerprint density at radius 2 is 1.94 bits per heavy atom. The highest BCUT2D eigenvalue weighted by Crippen LogP contribution is 2.38. The number of hydrogen-bond acceptors (Lipinski definition) is 2. The van der Waals surface area contributed by atoms with Gasteiger partial charge in [0.1, 0.15) is 11.6 Å². The highest BCUT2D eigenvalue weighted by molar-refractivity contribution is 5.85. The molecular weight excluding hydrogens is 248 g/mol. The van der Waals surface area contributed by atoms with Crippen molar-refractivity contribution in [1.29, 1.82) is 0 Å². The molecule has 2 rings (SSSR count). The van der Waals surface area contributed by atoms with Gasteiger partial charge in [0.2, 0.25) is 0 Å². The van der Waals surface area contributed by atoms with E-state index in [1.165, 1.54) is 12.1 Å². The first-order chi connectivity index (χ1) is 7.52. The van der Waals surface area contributed by atoms with Crippen molar-refractivity contribution in [3.63, 3.8) is 0 Å². The molecule has 1 aromatic rings. The van der Waals surface area contributed by atoms with E-state index in [0.717, 1.165) is 12.8 Å². The Bertz CT molecular complexity index is 410. The molecule has 0 aromatic heterocycles. The van der Waals surface area contributed by atoms with Gasteiger partial charge in [-0.15, -0.1) is 12.4 Å². The first-order valence-electron chi connectivity index (χ1n) is 5.40. The van der Waals surface area contributed by atoms with E-state index in [2.05, 4.69) is 0 Å². The molecule has 0 spiro atoms. The number of benzene rings is 1. The van der Waals surface area contributed by atoms with E-state index < -0.39 is 23.8 Å². The maximum absolute atomic E-state index is 13.7. The number of aliphatic hydroxyl groups is 1. The van der Waals surface area contributed by atoms with Gasteiger partial charge in [-0.25, -0.2) is 8.78 Å². The lowest BCUT2D eigenvalue weighted by Crippen LogP contribution is -2.29. The molecule has 0 bridgehead atoms. The van der Waals surface area contributed by atoms with Gasteiger partial charge in [0.05, 0.1) is 12.1 Å². The molecule has 0 saturated heterocycles. The summed E-state index contributed by atoms with van der Waals surface area (Å²) >= 11 is 0. The van der Waals surface area contributed by atoms with Crippen LogP contribution in [0.2, 0.25) is 0 Å². The van der Waals surface area contributed by atoms with Gasteiger partial charge in [0, 0.05) is 5.56 Å². The quantitative estimate of drug-likeness (QED) is 0.880. The highest BCUT2D eigenvalue weighted by atomic mass is 35.5. The van der Waals surface area contributed by atoms with Gasteiger partial charge < -0.3 is 10.8 Å². The van der Waals surface area contributed by atoms with Crippen molar-refractivity contribution in [3.05, 3.63) is 34.9 Å². The Balaban J connectivity index is 0.00000144. The number of halogens is 3. The molecule has 1 aliphatic rings. The third-order valence-electron chi connectivity index (χ3n) is 3.13. The molecule has 2 atom stereocenters. The number of nitrogens with two attached hydrogens (primary N) is 1. The third-order valence-corrected chi connectivity index (χ3v) is 3.13. The van der Waals surface area contributed by atoms with Crippen molar-refractivity contribution in [2.24, 2.45) is 11.7 Å². The van der Waals surface area contributed by atoms with Crippen LogP contribution < -0.4 is 5.73 Å². The smallest absolute Gasteiger partial charge is 0.133 e. The minimum atomic E-state index is -0.979. The number of rotatable bonds is 3. The maximum Gasteiger partial charge on any atom is 0.133 e. The van der Waals surface area contributed by atoms with Crippen LogP contribution in [0.4, 0.5) is 8.78 Å². The summed E-state index contributed by atoms with van der Waals surface area (Å²) in [5.74, 6) is -1.24. The minimum Gasteiger partial charge on any atom is -0.391 e. The second kappa shape index (κ2) is 5.29. The average Bonchev–Trinajstić information content (AvgIpc) is 3.06. The van der Waals surface area contributed by atoms with Crippen molar-refractivity contribution >= 4 is 12.4 Å². The van der Waals surface area contributed by atoms with Crippen LogP contribution >= 0.6 is 12.4 Å². The average molecular weight is 264 g/mol. The van der Waals surface area contributed by atoms with E-state index >= 15 is 0 Å². The zero-order valence-electron chi connectivity index (χ0n) is 9.49. The van der Waals surface area contributed by atoms with E-state index in [1.807, 2.05) is 0 Å². The van der Waals surface area contributed by atoms with Gasteiger partial charge in [0.25, 0.3) is 0 Å². The molecule has 0 heterocycles. The Morgan fingerprint density at radius 3 is 2.47 bits per heavy atom. The fourth-order valence-corrected chi connectivity index (χ4v) is 1.89. The van der Waals surface area contributed by atoms with Crippen molar-refractivity contribution in [1.82, 2.24) is 0 Å². The second-order valence-electron chi connectivity index (χ2n) is 4.45. The molecular formula is C12H16ClF2NO. The lowest BCUT2D eigenvalue weighted by molar-refractivity contribution is 0.119. The summed E-state index contributed by atoms with van der Waals surface area (Å²) in [6, 6.07) is 1.57. The van der Waals surface area contributed by atoms with E-state index in [4.69, 9.17) is 5.73 Å². The Kier molecular flexibility index (Phi) is 4.47. The summed E-state index contributed by atoms with van der Waals surface area (Å²) in [6.45, 7) is 1.55. The Morgan fingerprint density at radius 1 is 1.35 bits per heavy atom. The third kappa shape index (κ3) is 2.76. The van der Waals surface area contributed by atoms with E-state index in [-0.39, 0.29) is 23.9 Å². The van der Waals surface area contributed by atoms with Gasteiger partial charge in [0.15, 0.2) is 0 Å². The van der Waals surface area contributed by atoms with Crippen LogP contribution in [0, 0.1) is 24.5 Å². The fraction of sp³-hybridized carbons (Fsp3) is 0.500. The van der Waals surface area contributed by atoms with Crippen LogP contribution in [-0.4, -0.2) is 11.2 Å². The summed E-state index contributed by atoms with van der Waals surface area (Å²) in [4.78, 5) is 0. The molecule has 0 unspecified atom stereocenters. The second-order valence-corrected chi connectivity index (χ2v) is 4.45. The predicted molar refractivity (Wildman–Crippen MR) is 64.0 cm³/mol. The zero-order chi connectivity index (χ0) is 11.9. The summed E-state index contributed by atoms with van der Waals surface area (Å²) in [5, 5.41) is 9.79.